The van der Waals surface area contributed by atoms with Crippen molar-refractivity contribution in [2.45, 2.75) is 25.3 Å². The van der Waals surface area contributed by atoms with Gasteiger partial charge in [0.2, 0.25) is 0 Å². The van der Waals surface area contributed by atoms with E-state index in [4.69, 9.17) is 5.11 Å². The molecular formula is C11H18ClN3O2. The third-order valence-corrected chi connectivity index (χ3v) is 3.10. The summed E-state index contributed by atoms with van der Waals surface area (Å²) in [5, 5.41) is 12.8. The van der Waals surface area contributed by atoms with E-state index in [0.29, 0.717) is 12.6 Å². The molecule has 0 radical (unpaired) electrons. The van der Waals surface area contributed by atoms with Crippen molar-refractivity contribution in [3.8, 4) is 0 Å². The molecule has 96 valence electrons. The van der Waals surface area contributed by atoms with Gasteiger partial charge in [-0.3, -0.25) is 9.48 Å². The molecule has 0 saturated carbocycles. The van der Waals surface area contributed by atoms with Gasteiger partial charge in [0.05, 0.1) is 12.5 Å². The molecule has 1 aliphatic rings. The van der Waals surface area contributed by atoms with E-state index in [-0.39, 0.29) is 18.8 Å². The van der Waals surface area contributed by atoms with Crippen molar-refractivity contribution in [1.82, 2.24) is 14.7 Å². The highest BCUT2D eigenvalue weighted by Crippen LogP contribution is 2.21. The Bertz CT molecular complexity index is 334. The average Bonchev–Trinajstić information content (AvgIpc) is 2.80. The van der Waals surface area contributed by atoms with Gasteiger partial charge in [0.15, 0.2) is 0 Å². The zero-order chi connectivity index (χ0) is 11.4. The van der Waals surface area contributed by atoms with Crippen LogP contribution in [0.4, 0.5) is 0 Å². The fourth-order valence-electron chi connectivity index (χ4n) is 2.16. The monoisotopic (exact) mass is 259 g/mol. The highest BCUT2D eigenvalue weighted by atomic mass is 35.5. The number of likely N-dealkylation sites (tertiary alicyclic amines) is 1. The Morgan fingerprint density at radius 1 is 1.41 bits per heavy atom. The first-order valence-electron chi connectivity index (χ1n) is 5.69. The number of hydrogen-bond donors (Lipinski definition) is 1. The van der Waals surface area contributed by atoms with Crippen LogP contribution < -0.4 is 0 Å². The van der Waals surface area contributed by atoms with Crippen LogP contribution >= 0.6 is 12.4 Å². The van der Waals surface area contributed by atoms with E-state index in [1.165, 1.54) is 0 Å². The summed E-state index contributed by atoms with van der Waals surface area (Å²) in [6.07, 6.45) is 6.16. The van der Waals surface area contributed by atoms with Crippen molar-refractivity contribution in [3.63, 3.8) is 0 Å². The summed E-state index contributed by atoms with van der Waals surface area (Å²) in [7, 11) is 0. The number of carboxylic acid groups (broad SMARTS) is 1. The zero-order valence-electron chi connectivity index (χ0n) is 9.66. The second-order valence-corrected chi connectivity index (χ2v) is 4.20. The third-order valence-electron chi connectivity index (χ3n) is 3.10. The lowest BCUT2D eigenvalue weighted by Crippen LogP contribution is -2.36. The molecule has 2 heterocycles. The minimum atomic E-state index is -0.714. The molecule has 6 heteroatoms. The highest BCUT2D eigenvalue weighted by Gasteiger charge is 2.20. The van der Waals surface area contributed by atoms with Gasteiger partial charge in [-0.25, -0.2) is 0 Å². The number of piperidine rings is 1. The SMILES string of the molecule is Cl.O=C(O)CCN1CCC(n2cccn2)CC1. The Balaban J connectivity index is 0.00000144. The Morgan fingerprint density at radius 2 is 2.12 bits per heavy atom. The molecule has 1 aliphatic heterocycles. The van der Waals surface area contributed by atoms with Crippen LogP contribution in [0.2, 0.25) is 0 Å². The number of carbonyl (C=O) groups is 1. The molecule has 0 spiro atoms. The Hall–Kier alpha value is -1.07. The number of carboxylic acids is 1. The van der Waals surface area contributed by atoms with E-state index < -0.39 is 5.97 Å². The van der Waals surface area contributed by atoms with Gasteiger partial charge in [0, 0.05) is 32.0 Å². The molecule has 5 nitrogen and oxygen atoms in total. The highest BCUT2D eigenvalue weighted by molar-refractivity contribution is 5.85. The van der Waals surface area contributed by atoms with Crippen molar-refractivity contribution in [2.24, 2.45) is 0 Å². The molecule has 1 aromatic heterocycles. The van der Waals surface area contributed by atoms with Crippen molar-refractivity contribution < 1.29 is 9.90 Å². The lowest BCUT2D eigenvalue weighted by atomic mass is 10.1. The molecule has 1 fully saturated rings. The maximum Gasteiger partial charge on any atom is 0.304 e. The Morgan fingerprint density at radius 3 is 2.65 bits per heavy atom. The Kier molecular flexibility index (Phi) is 5.44. The van der Waals surface area contributed by atoms with Gasteiger partial charge < -0.3 is 10.0 Å². The van der Waals surface area contributed by atoms with Gasteiger partial charge in [-0.15, -0.1) is 12.4 Å². The molecule has 0 aliphatic carbocycles. The number of halogens is 1. The normalized spacial score (nSPS) is 17.6. The maximum absolute atomic E-state index is 10.5. The molecular weight excluding hydrogens is 242 g/mol. The van der Waals surface area contributed by atoms with Crippen LogP contribution in [-0.2, 0) is 4.79 Å². The van der Waals surface area contributed by atoms with E-state index in [0.717, 1.165) is 25.9 Å². The predicted molar refractivity (Wildman–Crippen MR) is 66.4 cm³/mol. The lowest BCUT2D eigenvalue weighted by Gasteiger charge is -2.31. The summed E-state index contributed by atoms with van der Waals surface area (Å²) in [6.45, 7) is 2.61. The van der Waals surface area contributed by atoms with Crippen LogP contribution in [0.3, 0.4) is 0 Å². The largest absolute Gasteiger partial charge is 0.481 e. The maximum atomic E-state index is 10.5. The molecule has 0 unspecified atom stereocenters. The standard InChI is InChI=1S/C11H17N3O2.ClH/c15-11(16)4-9-13-7-2-10(3-8-13)14-6-1-5-12-14;/h1,5-6,10H,2-4,7-9H2,(H,15,16);1H. The third kappa shape index (κ3) is 4.02. The molecule has 0 bridgehead atoms. The van der Waals surface area contributed by atoms with E-state index in [2.05, 4.69) is 10.00 Å². The molecule has 1 saturated heterocycles. The summed E-state index contributed by atoms with van der Waals surface area (Å²) in [5.41, 5.74) is 0. The lowest BCUT2D eigenvalue weighted by molar-refractivity contribution is -0.137. The number of nitrogens with zero attached hydrogens (tertiary/aromatic N) is 3. The summed E-state index contributed by atoms with van der Waals surface area (Å²) in [5.74, 6) is -0.714. The van der Waals surface area contributed by atoms with E-state index in [9.17, 15) is 4.79 Å². The molecule has 0 amide bonds. The molecule has 0 aromatic carbocycles. The van der Waals surface area contributed by atoms with Gasteiger partial charge in [0.25, 0.3) is 0 Å². The Labute approximate surface area is 107 Å². The predicted octanol–water partition coefficient (Wildman–Crippen LogP) is 1.42. The van der Waals surface area contributed by atoms with Gasteiger partial charge in [-0.1, -0.05) is 0 Å². The molecule has 0 atom stereocenters. The minimum Gasteiger partial charge on any atom is -0.481 e. The summed E-state index contributed by atoms with van der Waals surface area (Å²) >= 11 is 0. The van der Waals surface area contributed by atoms with Crippen LogP contribution in [0.1, 0.15) is 25.3 Å². The van der Waals surface area contributed by atoms with Crippen LogP contribution in [0, 0.1) is 0 Å². The van der Waals surface area contributed by atoms with E-state index in [1.807, 2.05) is 16.9 Å². The average molecular weight is 260 g/mol. The molecule has 1 aromatic rings. The molecule has 17 heavy (non-hydrogen) atoms. The van der Waals surface area contributed by atoms with Crippen LogP contribution in [-0.4, -0.2) is 45.4 Å². The van der Waals surface area contributed by atoms with Gasteiger partial charge >= 0.3 is 5.97 Å². The minimum absolute atomic E-state index is 0. The smallest absolute Gasteiger partial charge is 0.304 e. The van der Waals surface area contributed by atoms with Crippen molar-refractivity contribution >= 4 is 18.4 Å². The summed E-state index contributed by atoms with van der Waals surface area (Å²) < 4.78 is 2.01. The van der Waals surface area contributed by atoms with Crippen LogP contribution in [0.5, 0.6) is 0 Å². The van der Waals surface area contributed by atoms with Crippen molar-refractivity contribution in [3.05, 3.63) is 18.5 Å². The summed E-state index contributed by atoms with van der Waals surface area (Å²) in [4.78, 5) is 12.7. The second kappa shape index (κ2) is 6.61. The fourth-order valence-corrected chi connectivity index (χ4v) is 2.16. The number of rotatable bonds is 4. The second-order valence-electron chi connectivity index (χ2n) is 4.20. The van der Waals surface area contributed by atoms with Crippen molar-refractivity contribution in [1.29, 1.82) is 0 Å². The van der Waals surface area contributed by atoms with Crippen molar-refractivity contribution in [2.75, 3.05) is 19.6 Å². The van der Waals surface area contributed by atoms with Crippen LogP contribution in [0.25, 0.3) is 0 Å². The van der Waals surface area contributed by atoms with E-state index in [1.54, 1.807) is 6.20 Å². The molecule has 2 rings (SSSR count). The zero-order valence-corrected chi connectivity index (χ0v) is 10.5. The summed E-state index contributed by atoms with van der Waals surface area (Å²) in [6, 6.07) is 2.42. The van der Waals surface area contributed by atoms with Gasteiger partial charge in [-0.05, 0) is 18.9 Å². The van der Waals surface area contributed by atoms with Gasteiger partial charge in [-0.2, -0.15) is 5.10 Å². The van der Waals surface area contributed by atoms with Crippen LogP contribution in [0.15, 0.2) is 18.5 Å². The number of aliphatic carboxylic acids is 1. The molecule has 1 N–H and O–H groups in total. The first-order valence-corrected chi connectivity index (χ1v) is 5.69. The fraction of sp³-hybridized carbons (Fsp3) is 0.636. The number of hydrogen-bond acceptors (Lipinski definition) is 3. The quantitative estimate of drug-likeness (QED) is 0.888. The van der Waals surface area contributed by atoms with E-state index >= 15 is 0 Å². The van der Waals surface area contributed by atoms with Gasteiger partial charge in [0.1, 0.15) is 0 Å². The first kappa shape index (κ1) is 14.0. The topological polar surface area (TPSA) is 58.4 Å². The number of aromatic nitrogens is 2. The first-order chi connectivity index (χ1) is 7.75.